The molecular weight excluding hydrogens is 292 g/mol. The molecule has 0 aromatic carbocycles. The number of rotatable bonds is 5. The highest BCUT2D eigenvalue weighted by atomic mass is 32.1. The summed E-state index contributed by atoms with van der Waals surface area (Å²) in [6, 6.07) is 3.18. The van der Waals surface area contributed by atoms with E-state index in [1.807, 2.05) is 6.92 Å². The van der Waals surface area contributed by atoms with Gasteiger partial charge >= 0.3 is 5.97 Å². The van der Waals surface area contributed by atoms with Crippen molar-refractivity contribution in [2.75, 3.05) is 12.4 Å². The van der Waals surface area contributed by atoms with E-state index in [9.17, 15) is 9.59 Å². The second kappa shape index (κ2) is 6.31. The summed E-state index contributed by atoms with van der Waals surface area (Å²) in [4.78, 5) is 30.4. The standard InChI is InChI=1S/C13H14N4O3S/c1-7(12-17-10(6-21-12)13(19)20)16-8-3-4-15-9(5-8)11(18)14-2/h3-7H,1-2H3,(H,14,18)(H,15,16)(H,19,20). The first-order valence-electron chi connectivity index (χ1n) is 6.14. The summed E-state index contributed by atoms with van der Waals surface area (Å²) >= 11 is 1.27. The van der Waals surface area contributed by atoms with Gasteiger partial charge in [-0.2, -0.15) is 0 Å². The highest BCUT2D eigenvalue weighted by Gasteiger charge is 2.14. The van der Waals surface area contributed by atoms with Crippen molar-refractivity contribution >= 4 is 28.9 Å². The molecule has 2 rings (SSSR count). The van der Waals surface area contributed by atoms with Gasteiger partial charge in [-0.25, -0.2) is 9.78 Å². The Hall–Kier alpha value is -2.48. The van der Waals surface area contributed by atoms with Gasteiger partial charge in [-0.3, -0.25) is 9.78 Å². The first kappa shape index (κ1) is 14.9. The first-order valence-corrected chi connectivity index (χ1v) is 7.02. The predicted molar refractivity (Wildman–Crippen MR) is 78.7 cm³/mol. The smallest absolute Gasteiger partial charge is 0.355 e. The van der Waals surface area contributed by atoms with E-state index in [0.29, 0.717) is 16.4 Å². The third-order valence-electron chi connectivity index (χ3n) is 2.71. The molecule has 0 aliphatic rings. The molecule has 2 aromatic rings. The molecule has 2 heterocycles. The minimum absolute atomic E-state index is 0.0319. The Morgan fingerprint density at radius 2 is 2.14 bits per heavy atom. The number of nitrogens with one attached hydrogen (secondary N) is 2. The number of aromatic nitrogens is 2. The van der Waals surface area contributed by atoms with Gasteiger partial charge in [-0.05, 0) is 19.1 Å². The number of carboxylic acids is 1. The number of amides is 1. The Morgan fingerprint density at radius 3 is 2.76 bits per heavy atom. The van der Waals surface area contributed by atoms with E-state index < -0.39 is 5.97 Å². The molecule has 0 saturated carbocycles. The second-order valence-electron chi connectivity index (χ2n) is 4.25. The van der Waals surface area contributed by atoms with Crippen molar-refractivity contribution in [3.05, 3.63) is 40.1 Å². The first-order chi connectivity index (χ1) is 10.0. The van der Waals surface area contributed by atoms with Crippen molar-refractivity contribution in [3.63, 3.8) is 0 Å². The lowest BCUT2D eigenvalue weighted by Crippen LogP contribution is -2.19. The van der Waals surface area contributed by atoms with Crippen LogP contribution in [0.1, 0.15) is 39.0 Å². The molecule has 0 radical (unpaired) electrons. The van der Waals surface area contributed by atoms with Crippen LogP contribution in [0.5, 0.6) is 0 Å². The summed E-state index contributed by atoms with van der Waals surface area (Å²) in [6.07, 6.45) is 1.53. The van der Waals surface area contributed by atoms with Gasteiger partial charge in [0.15, 0.2) is 5.69 Å². The molecule has 2 aromatic heterocycles. The van der Waals surface area contributed by atoms with E-state index in [1.54, 1.807) is 12.1 Å². The molecular formula is C13H14N4O3S. The predicted octanol–water partition coefficient (Wildman–Crippen LogP) is 1.77. The fraction of sp³-hybridized carbons (Fsp3) is 0.231. The zero-order valence-corrected chi connectivity index (χ0v) is 12.3. The van der Waals surface area contributed by atoms with Gasteiger partial charge in [0.1, 0.15) is 10.7 Å². The van der Waals surface area contributed by atoms with Crippen LogP contribution in [0.25, 0.3) is 0 Å². The third kappa shape index (κ3) is 3.54. The normalized spacial score (nSPS) is 11.7. The Bertz CT molecular complexity index is 671. The van der Waals surface area contributed by atoms with Crippen LogP contribution in [0.4, 0.5) is 5.69 Å². The molecule has 110 valence electrons. The number of pyridine rings is 1. The molecule has 0 bridgehead atoms. The second-order valence-corrected chi connectivity index (χ2v) is 5.14. The Balaban J connectivity index is 2.13. The van der Waals surface area contributed by atoms with Crippen LogP contribution in [-0.2, 0) is 0 Å². The van der Waals surface area contributed by atoms with Gasteiger partial charge in [0.05, 0.1) is 6.04 Å². The molecule has 8 heteroatoms. The Labute approximate surface area is 125 Å². The van der Waals surface area contributed by atoms with Crippen LogP contribution < -0.4 is 10.6 Å². The van der Waals surface area contributed by atoms with Crippen molar-refractivity contribution < 1.29 is 14.7 Å². The highest BCUT2D eigenvalue weighted by molar-refractivity contribution is 7.09. The van der Waals surface area contributed by atoms with E-state index in [4.69, 9.17) is 5.11 Å². The number of hydrogen-bond acceptors (Lipinski definition) is 6. The van der Waals surface area contributed by atoms with Crippen molar-refractivity contribution in [1.82, 2.24) is 15.3 Å². The average Bonchev–Trinajstić information content (AvgIpc) is 2.97. The minimum atomic E-state index is -1.05. The summed E-state index contributed by atoms with van der Waals surface area (Å²) in [6.45, 7) is 1.87. The molecule has 0 spiro atoms. The lowest BCUT2D eigenvalue weighted by atomic mass is 10.2. The largest absolute Gasteiger partial charge is 0.476 e. The van der Waals surface area contributed by atoms with Crippen molar-refractivity contribution in [1.29, 1.82) is 0 Å². The molecule has 1 unspecified atom stereocenters. The van der Waals surface area contributed by atoms with Crippen molar-refractivity contribution in [2.45, 2.75) is 13.0 Å². The molecule has 1 atom stereocenters. The zero-order chi connectivity index (χ0) is 15.4. The molecule has 0 saturated heterocycles. The SMILES string of the molecule is CNC(=O)c1cc(NC(C)c2nc(C(=O)O)cs2)ccn1. The van der Waals surface area contributed by atoms with Crippen LogP contribution in [0.2, 0.25) is 0 Å². The number of carboxylic acid groups (broad SMARTS) is 1. The number of carbonyl (C=O) groups excluding carboxylic acids is 1. The Kier molecular flexibility index (Phi) is 4.49. The van der Waals surface area contributed by atoms with Gasteiger partial charge < -0.3 is 15.7 Å². The number of nitrogens with zero attached hydrogens (tertiary/aromatic N) is 2. The number of carbonyl (C=O) groups is 2. The zero-order valence-electron chi connectivity index (χ0n) is 11.5. The molecule has 0 aliphatic carbocycles. The monoisotopic (exact) mass is 306 g/mol. The number of thiazole rings is 1. The average molecular weight is 306 g/mol. The van der Waals surface area contributed by atoms with E-state index in [-0.39, 0.29) is 17.6 Å². The third-order valence-corrected chi connectivity index (χ3v) is 3.74. The molecule has 21 heavy (non-hydrogen) atoms. The molecule has 0 aliphatic heterocycles. The lowest BCUT2D eigenvalue weighted by Gasteiger charge is -2.13. The van der Waals surface area contributed by atoms with E-state index >= 15 is 0 Å². The number of hydrogen-bond donors (Lipinski definition) is 3. The minimum Gasteiger partial charge on any atom is -0.476 e. The van der Waals surface area contributed by atoms with E-state index in [1.165, 1.54) is 30.0 Å². The number of anilines is 1. The van der Waals surface area contributed by atoms with Crippen LogP contribution in [0, 0.1) is 0 Å². The summed E-state index contributed by atoms with van der Waals surface area (Å²) < 4.78 is 0. The topological polar surface area (TPSA) is 104 Å². The van der Waals surface area contributed by atoms with Gasteiger partial charge in [-0.15, -0.1) is 11.3 Å². The van der Waals surface area contributed by atoms with Gasteiger partial charge in [-0.1, -0.05) is 0 Å². The quantitative estimate of drug-likeness (QED) is 0.777. The van der Waals surface area contributed by atoms with Gasteiger partial charge in [0.25, 0.3) is 5.91 Å². The fourth-order valence-corrected chi connectivity index (χ4v) is 2.47. The van der Waals surface area contributed by atoms with Crippen LogP contribution in [-0.4, -0.2) is 34.0 Å². The van der Waals surface area contributed by atoms with Crippen molar-refractivity contribution in [2.24, 2.45) is 0 Å². The molecule has 7 nitrogen and oxygen atoms in total. The van der Waals surface area contributed by atoms with Gasteiger partial charge in [0.2, 0.25) is 0 Å². The number of aromatic carboxylic acids is 1. The maximum atomic E-state index is 11.5. The van der Waals surface area contributed by atoms with Crippen LogP contribution in [0.15, 0.2) is 23.7 Å². The van der Waals surface area contributed by atoms with E-state index in [0.717, 1.165) is 0 Å². The summed E-state index contributed by atoms with van der Waals surface area (Å²) in [5.41, 5.74) is 1.05. The summed E-state index contributed by atoms with van der Waals surface area (Å²) in [5, 5.41) is 16.7. The maximum Gasteiger partial charge on any atom is 0.355 e. The summed E-state index contributed by atoms with van der Waals surface area (Å²) in [5.74, 6) is -1.32. The lowest BCUT2D eigenvalue weighted by molar-refractivity contribution is 0.0691. The summed E-state index contributed by atoms with van der Waals surface area (Å²) in [7, 11) is 1.54. The fourth-order valence-electron chi connectivity index (χ4n) is 1.67. The van der Waals surface area contributed by atoms with Crippen LogP contribution in [0.3, 0.4) is 0 Å². The maximum absolute atomic E-state index is 11.5. The molecule has 1 amide bonds. The van der Waals surface area contributed by atoms with Crippen molar-refractivity contribution in [3.8, 4) is 0 Å². The highest BCUT2D eigenvalue weighted by Crippen LogP contribution is 2.22. The van der Waals surface area contributed by atoms with Crippen LogP contribution >= 0.6 is 11.3 Å². The molecule has 3 N–H and O–H groups in total. The Morgan fingerprint density at radius 1 is 1.38 bits per heavy atom. The molecule has 0 fully saturated rings. The van der Waals surface area contributed by atoms with Gasteiger partial charge in [0, 0.05) is 24.3 Å². The van der Waals surface area contributed by atoms with E-state index in [2.05, 4.69) is 20.6 Å².